The third-order valence-electron chi connectivity index (χ3n) is 6.25. The molecule has 1 fully saturated rings. The van der Waals surface area contributed by atoms with Gasteiger partial charge in [-0.2, -0.15) is 5.26 Å². The monoisotopic (exact) mass is 489 g/mol. The van der Waals surface area contributed by atoms with Crippen molar-refractivity contribution >= 4 is 27.4 Å². The van der Waals surface area contributed by atoms with E-state index in [1.165, 1.54) is 12.1 Å². The van der Waals surface area contributed by atoms with Gasteiger partial charge in [-0.3, -0.25) is 9.52 Å². The molecule has 1 amide bonds. The molecule has 4 rings (SSSR count). The molecule has 1 aliphatic rings. The van der Waals surface area contributed by atoms with Gasteiger partial charge in [-0.1, -0.05) is 12.1 Å². The lowest BCUT2D eigenvalue weighted by molar-refractivity contribution is 0.0767. The Balaban J connectivity index is 1.45. The number of nitrogens with zero attached hydrogens (tertiary/aromatic N) is 4. The standard InChI is InChI=1S/C26H27N5O3S/c1-19-6-3-8-24(20(19)2)29-35(33,34)23-11-9-21(10-12-23)26(32)31-15-5-14-30(16-17-31)25-22(18-27)7-4-13-28-25/h3-4,6-13,29H,5,14-17H2,1-2H3. The summed E-state index contributed by atoms with van der Waals surface area (Å²) in [4.78, 5) is 21.4. The molecular formula is C26H27N5O3S. The van der Waals surface area contributed by atoms with Gasteiger partial charge in [-0.25, -0.2) is 13.4 Å². The minimum atomic E-state index is -3.79. The average molecular weight is 490 g/mol. The van der Waals surface area contributed by atoms with Gasteiger partial charge in [-0.15, -0.1) is 0 Å². The molecule has 8 nitrogen and oxygen atoms in total. The predicted molar refractivity (Wildman–Crippen MR) is 135 cm³/mol. The van der Waals surface area contributed by atoms with E-state index in [0.717, 1.165) is 17.5 Å². The number of benzene rings is 2. The summed E-state index contributed by atoms with van der Waals surface area (Å²) in [6, 6.07) is 17.1. The molecule has 2 aromatic carbocycles. The number of aryl methyl sites for hydroxylation is 1. The number of hydrogen-bond donors (Lipinski definition) is 1. The van der Waals surface area contributed by atoms with Crippen LogP contribution in [0.3, 0.4) is 0 Å². The maximum atomic E-state index is 13.1. The number of carbonyl (C=O) groups is 1. The highest BCUT2D eigenvalue weighted by molar-refractivity contribution is 7.92. The number of anilines is 2. The van der Waals surface area contributed by atoms with E-state index in [0.29, 0.717) is 48.8 Å². The van der Waals surface area contributed by atoms with Crippen LogP contribution in [0.25, 0.3) is 0 Å². The maximum Gasteiger partial charge on any atom is 0.261 e. The smallest absolute Gasteiger partial charge is 0.261 e. The second-order valence-electron chi connectivity index (χ2n) is 8.50. The molecular weight excluding hydrogens is 462 g/mol. The second-order valence-corrected chi connectivity index (χ2v) is 10.2. The molecule has 2 heterocycles. The highest BCUT2D eigenvalue weighted by atomic mass is 32.2. The number of hydrogen-bond acceptors (Lipinski definition) is 6. The molecule has 1 saturated heterocycles. The fourth-order valence-electron chi connectivity index (χ4n) is 4.09. The summed E-state index contributed by atoms with van der Waals surface area (Å²) in [5.41, 5.74) is 3.34. The number of nitrogens with one attached hydrogen (secondary N) is 1. The number of sulfonamides is 1. The van der Waals surface area contributed by atoms with Crippen molar-refractivity contribution in [3.05, 3.63) is 83.0 Å². The van der Waals surface area contributed by atoms with Crippen LogP contribution in [0.5, 0.6) is 0 Å². The zero-order valence-corrected chi connectivity index (χ0v) is 20.5. The minimum Gasteiger partial charge on any atom is -0.354 e. The number of nitriles is 1. The van der Waals surface area contributed by atoms with E-state index in [1.54, 1.807) is 47.5 Å². The first-order chi connectivity index (χ1) is 16.8. The first-order valence-corrected chi connectivity index (χ1v) is 12.9. The number of carbonyl (C=O) groups excluding carboxylic acids is 1. The van der Waals surface area contributed by atoms with Gasteiger partial charge in [0.15, 0.2) is 0 Å². The van der Waals surface area contributed by atoms with Crippen molar-refractivity contribution in [3.63, 3.8) is 0 Å². The van der Waals surface area contributed by atoms with Gasteiger partial charge in [0.2, 0.25) is 0 Å². The Morgan fingerprint density at radius 1 is 1.00 bits per heavy atom. The van der Waals surface area contributed by atoms with Crippen LogP contribution in [0.15, 0.2) is 65.7 Å². The largest absolute Gasteiger partial charge is 0.354 e. The van der Waals surface area contributed by atoms with Crippen LogP contribution in [-0.4, -0.2) is 50.4 Å². The van der Waals surface area contributed by atoms with Crippen molar-refractivity contribution in [2.75, 3.05) is 35.8 Å². The van der Waals surface area contributed by atoms with Crippen LogP contribution < -0.4 is 9.62 Å². The summed E-state index contributed by atoms with van der Waals surface area (Å²) in [7, 11) is -3.79. The summed E-state index contributed by atoms with van der Waals surface area (Å²) >= 11 is 0. The van der Waals surface area contributed by atoms with Gasteiger partial charge in [0.1, 0.15) is 11.9 Å². The Morgan fingerprint density at radius 3 is 2.51 bits per heavy atom. The summed E-state index contributed by atoms with van der Waals surface area (Å²) in [6.07, 6.45) is 2.40. The van der Waals surface area contributed by atoms with Gasteiger partial charge in [0.05, 0.1) is 16.1 Å². The van der Waals surface area contributed by atoms with Crippen molar-refractivity contribution in [1.29, 1.82) is 5.26 Å². The number of aromatic nitrogens is 1. The lowest BCUT2D eigenvalue weighted by Gasteiger charge is -2.23. The van der Waals surface area contributed by atoms with Crippen molar-refractivity contribution in [2.45, 2.75) is 25.2 Å². The molecule has 0 radical (unpaired) electrons. The predicted octanol–water partition coefficient (Wildman–Crippen LogP) is 3.72. The van der Waals surface area contributed by atoms with E-state index in [9.17, 15) is 18.5 Å². The first-order valence-electron chi connectivity index (χ1n) is 11.4. The average Bonchev–Trinajstić information content (AvgIpc) is 3.12. The third-order valence-corrected chi connectivity index (χ3v) is 7.63. The van der Waals surface area contributed by atoms with Crippen LogP contribution >= 0.6 is 0 Å². The highest BCUT2D eigenvalue weighted by Crippen LogP contribution is 2.23. The van der Waals surface area contributed by atoms with E-state index >= 15 is 0 Å². The Hall–Kier alpha value is -3.90. The lowest BCUT2D eigenvalue weighted by atomic mass is 10.1. The Morgan fingerprint density at radius 2 is 1.77 bits per heavy atom. The van der Waals surface area contributed by atoms with E-state index in [-0.39, 0.29) is 10.8 Å². The first kappa shape index (κ1) is 24.2. The van der Waals surface area contributed by atoms with Gasteiger partial charge in [-0.05, 0) is 73.9 Å². The van der Waals surface area contributed by atoms with Crippen LogP contribution in [0.4, 0.5) is 11.5 Å². The van der Waals surface area contributed by atoms with Gasteiger partial charge >= 0.3 is 0 Å². The zero-order valence-electron chi connectivity index (χ0n) is 19.7. The zero-order chi connectivity index (χ0) is 25.0. The van der Waals surface area contributed by atoms with Crippen LogP contribution in [0.2, 0.25) is 0 Å². The van der Waals surface area contributed by atoms with Crippen LogP contribution in [0, 0.1) is 25.2 Å². The normalized spacial score (nSPS) is 14.2. The molecule has 0 atom stereocenters. The summed E-state index contributed by atoms with van der Waals surface area (Å²) < 4.78 is 28.4. The molecule has 0 spiro atoms. The van der Waals surface area contributed by atoms with Gasteiger partial charge in [0, 0.05) is 37.9 Å². The Kier molecular flexibility index (Phi) is 7.03. The maximum absolute atomic E-state index is 13.1. The molecule has 1 aliphatic heterocycles. The quantitative estimate of drug-likeness (QED) is 0.585. The molecule has 9 heteroatoms. The molecule has 0 aliphatic carbocycles. The summed E-state index contributed by atoms with van der Waals surface area (Å²) in [6.45, 7) is 6.09. The molecule has 3 aromatic rings. The molecule has 0 saturated carbocycles. The molecule has 0 bridgehead atoms. The minimum absolute atomic E-state index is 0.0937. The van der Waals surface area contributed by atoms with E-state index < -0.39 is 10.0 Å². The summed E-state index contributed by atoms with van der Waals surface area (Å²) in [5, 5.41) is 9.37. The fraction of sp³-hybridized carbons (Fsp3) is 0.269. The van der Waals surface area contributed by atoms with Crippen molar-refractivity contribution in [1.82, 2.24) is 9.88 Å². The van der Waals surface area contributed by atoms with Gasteiger partial charge in [0.25, 0.3) is 15.9 Å². The topological polar surface area (TPSA) is 106 Å². The SMILES string of the molecule is Cc1cccc(NS(=O)(=O)c2ccc(C(=O)N3CCCN(c4ncccc4C#N)CC3)cc2)c1C. The van der Waals surface area contributed by atoms with Crippen molar-refractivity contribution in [3.8, 4) is 6.07 Å². The van der Waals surface area contributed by atoms with Crippen LogP contribution in [-0.2, 0) is 10.0 Å². The number of pyridine rings is 1. The molecule has 0 unspecified atom stereocenters. The molecule has 1 N–H and O–H groups in total. The Bertz CT molecular complexity index is 1380. The van der Waals surface area contributed by atoms with Crippen molar-refractivity contribution < 1.29 is 13.2 Å². The molecule has 1 aromatic heterocycles. The number of amides is 1. The molecule has 35 heavy (non-hydrogen) atoms. The highest BCUT2D eigenvalue weighted by Gasteiger charge is 2.23. The molecule has 180 valence electrons. The van der Waals surface area contributed by atoms with Gasteiger partial charge < -0.3 is 9.80 Å². The number of rotatable bonds is 5. The Labute approximate surface area is 205 Å². The fourth-order valence-corrected chi connectivity index (χ4v) is 5.22. The summed E-state index contributed by atoms with van der Waals surface area (Å²) in [5.74, 6) is 0.481. The van der Waals surface area contributed by atoms with E-state index in [4.69, 9.17) is 0 Å². The third kappa shape index (κ3) is 5.28. The van der Waals surface area contributed by atoms with E-state index in [2.05, 4.69) is 15.8 Å². The van der Waals surface area contributed by atoms with Crippen molar-refractivity contribution in [2.24, 2.45) is 0 Å². The lowest BCUT2D eigenvalue weighted by Crippen LogP contribution is -2.35. The van der Waals surface area contributed by atoms with E-state index in [1.807, 2.05) is 24.8 Å². The van der Waals surface area contributed by atoms with Crippen LogP contribution in [0.1, 0.15) is 33.5 Å². The second kappa shape index (κ2) is 10.2.